The predicted molar refractivity (Wildman–Crippen MR) is 114 cm³/mol. The molecule has 0 aliphatic rings. The molecule has 0 aliphatic carbocycles. The van der Waals surface area contributed by atoms with Crippen LogP contribution in [-0.4, -0.2) is 5.11 Å². The summed E-state index contributed by atoms with van der Waals surface area (Å²) in [5.41, 5.74) is 4.40. The summed E-state index contributed by atoms with van der Waals surface area (Å²) < 4.78 is 18.8. The van der Waals surface area contributed by atoms with Crippen LogP contribution >= 0.6 is 12.2 Å². The molecular weight excluding hydrogens is 371 g/mol. The van der Waals surface area contributed by atoms with Gasteiger partial charge in [-0.25, -0.2) is 4.39 Å². The minimum absolute atomic E-state index is 0.240. The highest BCUT2D eigenvalue weighted by molar-refractivity contribution is 7.80. The average Bonchev–Trinajstić information content (AvgIpc) is 2.73. The lowest BCUT2D eigenvalue weighted by molar-refractivity contribution is 0.106. The van der Waals surface area contributed by atoms with Crippen LogP contribution in [0.5, 0.6) is 0 Å². The third kappa shape index (κ3) is 6.44. The first-order valence-corrected chi connectivity index (χ1v) is 9.56. The van der Waals surface area contributed by atoms with Crippen LogP contribution in [0.1, 0.15) is 22.3 Å². The summed E-state index contributed by atoms with van der Waals surface area (Å²) in [6, 6.07) is 24.6. The first-order valence-electron chi connectivity index (χ1n) is 9.15. The SMILES string of the molecule is Fc1ccc(CNC(=S)NCc2ccccc2COCc2ccccc2)cc1. The van der Waals surface area contributed by atoms with E-state index in [0.717, 1.165) is 22.3 Å². The van der Waals surface area contributed by atoms with Crippen molar-refractivity contribution in [2.24, 2.45) is 0 Å². The lowest BCUT2D eigenvalue weighted by Crippen LogP contribution is -2.34. The van der Waals surface area contributed by atoms with Gasteiger partial charge in [0.25, 0.3) is 0 Å². The third-order valence-corrected chi connectivity index (χ3v) is 4.58. The third-order valence-electron chi connectivity index (χ3n) is 4.29. The molecule has 0 saturated heterocycles. The first-order chi connectivity index (χ1) is 13.7. The molecule has 2 N–H and O–H groups in total. The molecule has 0 fully saturated rings. The van der Waals surface area contributed by atoms with Crippen LogP contribution in [0.3, 0.4) is 0 Å². The van der Waals surface area contributed by atoms with Gasteiger partial charge in [-0.05, 0) is 46.6 Å². The largest absolute Gasteiger partial charge is 0.372 e. The molecule has 0 heterocycles. The topological polar surface area (TPSA) is 33.3 Å². The molecular formula is C23H23FN2OS. The van der Waals surface area contributed by atoms with E-state index in [1.165, 1.54) is 12.1 Å². The van der Waals surface area contributed by atoms with E-state index in [1.807, 2.05) is 30.3 Å². The van der Waals surface area contributed by atoms with Crippen LogP contribution < -0.4 is 10.6 Å². The Kier molecular flexibility index (Phi) is 7.53. The van der Waals surface area contributed by atoms with Crippen molar-refractivity contribution in [1.29, 1.82) is 0 Å². The summed E-state index contributed by atoms with van der Waals surface area (Å²) in [6.45, 7) is 2.29. The lowest BCUT2D eigenvalue weighted by Gasteiger charge is -2.14. The van der Waals surface area contributed by atoms with Crippen LogP contribution in [0, 0.1) is 5.82 Å². The number of hydrogen-bond acceptors (Lipinski definition) is 2. The summed E-state index contributed by atoms with van der Waals surface area (Å²) >= 11 is 5.35. The standard InChI is InChI=1S/C23H23FN2OS/c24-22-12-10-18(11-13-22)14-25-23(28)26-15-20-8-4-5-9-21(20)17-27-16-19-6-2-1-3-7-19/h1-13H,14-17H2,(H2,25,26,28). The second-order valence-corrected chi connectivity index (χ2v) is 6.82. The molecule has 0 spiro atoms. The van der Waals surface area contributed by atoms with Gasteiger partial charge in [0.1, 0.15) is 5.82 Å². The molecule has 3 nitrogen and oxygen atoms in total. The molecule has 144 valence electrons. The Balaban J connectivity index is 1.46. The van der Waals surface area contributed by atoms with Gasteiger partial charge in [-0.2, -0.15) is 0 Å². The number of nitrogens with one attached hydrogen (secondary N) is 2. The van der Waals surface area contributed by atoms with Crippen LogP contribution in [0.15, 0.2) is 78.9 Å². The van der Waals surface area contributed by atoms with Crippen LogP contribution in [0.25, 0.3) is 0 Å². The molecule has 0 radical (unpaired) electrons. The number of hydrogen-bond donors (Lipinski definition) is 2. The highest BCUT2D eigenvalue weighted by Crippen LogP contribution is 2.12. The maximum atomic E-state index is 12.9. The summed E-state index contributed by atoms with van der Waals surface area (Å²) in [5.74, 6) is -0.240. The van der Waals surface area contributed by atoms with Crippen molar-refractivity contribution in [1.82, 2.24) is 10.6 Å². The number of ether oxygens (including phenoxy) is 1. The minimum atomic E-state index is -0.240. The van der Waals surface area contributed by atoms with Crippen LogP contribution in [-0.2, 0) is 31.0 Å². The fourth-order valence-corrected chi connectivity index (χ4v) is 2.89. The molecule has 0 bridgehead atoms. The van der Waals surface area contributed by atoms with Crippen molar-refractivity contribution < 1.29 is 9.13 Å². The minimum Gasteiger partial charge on any atom is -0.372 e. The van der Waals surface area contributed by atoms with Gasteiger partial charge >= 0.3 is 0 Å². The fraction of sp³-hybridized carbons (Fsp3) is 0.174. The number of halogens is 1. The average molecular weight is 395 g/mol. The zero-order valence-electron chi connectivity index (χ0n) is 15.5. The molecule has 0 amide bonds. The lowest BCUT2D eigenvalue weighted by atomic mass is 10.1. The van der Waals surface area contributed by atoms with Gasteiger partial charge in [0, 0.05) is 13.1 Å². The number of rotatable bonds is 8. The maximum Gasteiger partial charge on any atom is 0.166 e. The Morgan fingerprint density at radius 1 is 0.714 bits per heavy atom. The van der Waals surface area contributed by atoms with Crippen molar-refractivity contribution in [2.75, 3.05) is 0 Å². The summed E-state index contributed by atoms with van der Waals surface area (Å²) in [4.78, 5) is 0. The quantitative estimate of drug-likeness (QED) is 0.542. The van der Waals surface area contributed by atoms with Gasteiger partial charge in [0.2, 0.25) is 0 Å². The van der Waals surface area contributed by atoms with E-state index in [0.29, 0.717) is 31.4 Å². The molecule has 5 heteroatoms. The summed E-state index contributed by atoms with van der Waals surface area (Å²) in [6.07, 6.45) is 0. The van der Waals surface area contributed by atoms with Gasteiger partial charge in [-0.3, -0.25) is 0 Å². The molecule has 28 heavy (non-hydrogen) atoms. The predicted octanol–water partition coefficient (Wildman–Crippen LogP) is 4.71. The molecule has 3 aromatic carbocycles. The molecule has 0 unspecified atom stereocenters. The van der Waals surface area contributed by atoms with E-state index in [2.05, 4.69) is 34.9 Å². The van der Waals surface area contributed by atoms with Gasteiger partial charge in [0.05, 0.1) is 13.2 Å². The van der Waals surface area contributed by atoms with Crippen molar-refractivity contribution in [3.63, 3.8) is 0 Å². The van der Waals surface area contributed by atoms with Crippen molar-refractivity contribution in [3.8, 4) is 0 Å². The van der Waals surface area contributed by atoms with E-state index in [-0.39, 0.29) is 5.82 Å². The van der Waals surface area contributed by atoms with Gasteiger partial charge in [-0.15, -0.1) is 0 Å². The zero-order valence-corrected chi connectivity index (χ0v) is 16.3. The second kappa shape index (κ2) is 10.5. The molecule has 0 atom stereocenters. The number of thiocarbonyl (C=S) groups is 1. The summed E-state index contributed by atoms with van der Waals surface area (Å²) in [7, 11) is 0. The second-order valence-electron chi connectivity index (χ2n) is 6.41. The van der Waals surface area contributed by atoms with Gasteiger partial charge in [-0.1, -0.05) is 66.7 Å². The van der Waals surface area contributed by atoms with E-state index in [4.69, 9.17) is 17.0 Å². The Hall–Kier alpha value is -2.76. The van der Waals surface area contributed by atoms with E-state index in [9.17, 15) is 4.39 Å². The van der Waals surface area contributed by atoms with Crippen molar-refractivity contribution in [2.45, 2.75) is 26.3 Å². The maximum absolute atomic E-state index is 12.9. The normalized spacial score (nSPS) is 10.5. The Morgan fingerprint density at radius 2 is 1.36 bits per heavy atom. The Labute approximate surface area is 170 Å². The Morgan fingerprint density at radius 3 is 2.11 bits per heavy atom. The zero-order chi connectivity index (χ0) is 19.6. The van der Waals surface area contributed by atoms with E-state index >= 15 is 0 Å². The van der Waals surface area contributed by atoms with Crippen molar-refractivity contribution in [3.05, 3.63) is 107 Å². The highest BCUT2D eigenvalue weighted by atomic mass is 32.1. The van der Waals surface area contributed by atoms with Gasteiger partial charge < -0.3 is 15.4 Å². The monoisotopic (exact) mass is 394 g/mol. The van der Waals surface area contributed by atoms with Crippen LogP contribution in [0.2, 0.25) is 0 Å². The fourth-order valence-electron chi connectivity index (χ4n) is 2.75. The van der Waals surface area contributed by atoms with Crippen molar-refractivity contribution >= 4 is 17.3 Å². The number of benzene rings is 3. The van der Waals surface area contributed by atoms with Gasteiger partial charge in [0.15, 0.2) is 5.11 Å². The summed E-state index contributed by atoms with van der Waals surface area (Å²) in [5, 5.41) is 6.92. The van der Waals surface area contributed by atoms with E-state index in [1.54, 1.807) is 12.1 Å². The smallest absolute Gasteiger partial charge is 0.166 e. The van der Waals surface area contributed by atoms with Crippen LogP contribution in [0.4, 0.5) is 4.39 Å². The first kappa shape index (κ1) is 20.0. The molecule has 3 rings (SSSR count). The molecule has 0 aliphatic heterocycles. The molecule has 3 aromatic rings. The Bertz CT molecular complexity index is 885. The highest BCUT2D eigenvalue weighted by Gasteiger charge is 2.04. The molecule has 0 saturated carbocycles. The molecule has 0 aromatic heterocycles. The van der Waals surface area contributed by atoms with E-state index < -0.39 is 0 Å².